The molecule has 2 unspecified atom stereocenters. The number of H-pyrrole nitrogens is 1. The van der Waals surface area contributed by atoms with Crippen LogP contribution < -0.4 is 10.1 Å². The van der Waals surface area contributed by atoms with Crippen molar-refractivity contribution in [2.75, 3.05) is 11.9 Å². The van der Waals surface area contributed by atoms with Crippen molar-refractivity contribution in [2.24, 2.45) is 0 Å². The van der Waals surface area contributed by atoms with Crippen molar-refractivity contribution in [1.82, 2.24) is 9.97 Å². The number of anilines is 1. The van der Waals surface area contributed by atoms with Gasteiger partial charge in [-0.15, -0.1) is 0 Å². The third kappa shape index (κ3) is 5.27. The van der Waals surface area contributed by atoms with Crippen molar-refractivity contribution in [3.8, 4) is 5.75 Å². The molecule has 0 bridgehead atoms. The van der Waals surface area contributed by atoms with Gasteiger partial charge in [-0.05, 0) is 42.3 Å². The maximum absolute atomic E-state index is 11.5. The zero-order chi connectivity index (χ0) is 22.3. The van der Waals surface area contributed by atoms with Gasteiger partial charge in [-0.2, -0.15) is 0 Å². The fraction of sp³-hybridized carbons (Fsp3) is 0.231. The van der Waals surface area contributed by atoms with Gasteiger partial charge in [0.1, 0.15) is 11.6 Å². The normalized spacial score (nSPS) is 12.9. The number of hydrogen-bond acceptors (Lipinski definition) is 4. The van der Waals surface area contributed by atoms with Gasteiger partial charge in [0.25, 0.3) is 0 Å². The van der Waals surface area contributed by atoms with Gasteiger partial charge in [-0.1, -0.05) is 36.4 Å². The highest BCUT2D eigenvalue weighted by molar-refractivity contribution is 5.86. The van der Waals surface area contributed by atoms with Crippen LogP contribution >= 0.6 is 0 Å². The number of carboxylic acids is 1. The lowest BCUT2D eigenvalue weighted by Gasteiger charge is -2.16. The number of nitrogens with one attached hydrogen (secondary N) is 2. The number of carboxylic acid groups (broad SMARTS) is 1. The Bertz CT molecular complexity index is 1160. The average molecular weight is 430 g/mol. The summed E-state index contributed by atoms with van der Waals surface area (Å²) in [6, 6.07) is 21.7. The van der Waals surface area contributed by atoms with Crippen molar-refractivity contribution < 1.29 is 14.6 Å². The SMILES string of the molecule is CC(CCOc1ccc2c(C(CC(=O)O)c3ccccc3)c[nH]c2c1)Nc1ccccn1. The first-order chi connectivity index (χ1) is 15.6. The van der Waals surface area contributed by atoms with E-state index in [1.807, 2.05) is 72.9 Å². The number of benzene rings is 2. The number of hydrogen-bond donors (Lipinski definition) is 3. The number of fused-ring (bicyclic) bond motifs is 1. The molecule has 4 aromatic rings. The number of nitrogens with zero attached hydrogens (tertiary/aromatic N) is 1. The molecule has 0 amide bonds. The highest BCUT2D eigenvalue weighted by Gasteiger charge is 2.21. The molecule has 0 aliphatic carbocycles. The van der Waals surface area contributed by atoms with E-state index in [2.05, 4.69) is 22.2 Å². The summed E-state index contributed by atoms with van der Waals surface area (Å²) in [6.45, 7) is 2.68. The predicted octanol–water partition coefficient (Wildman–Crippen LogP) is 5.44. The maximum Gasteiger partial charge on any atom is 0.304 e. The van der Waals surface area contributed by atoms with Gasteiger partial charge >= 0.3 is 5.97 Å². The van der Waals surface area contributed by atoms with Crippen LogP contribution in [0.4, 0.5) is 5.82 Å². The van der Waals surface area contributed by atoms with Gasteiger partial charge in [-0.25, -0.2) is 4.98 Å². The largest absolute Gasteiger partial charge is 0.493 e. The van der Waals surface area contributed by atoms with Crippen LogP contribution in [0, 0.1) is 0 Å². The van der Waals surface area contributed by atoms with E-state index in [4.69, 9.17) is 4.74 Å². The minimum Gasteiger partial charge on any atom is -0.493 e. The summed E-state index contributed by atoms with van der Waals surface area (Å²) >= 11 is 0. The first-order valence-electron chi connectivity index (χ1n) is 10.8. The Morgan fingerprint density at radius 1 is 1.12 bits per heavy atom. The lowest BCUT2D eigenvalue weighted by atomic mass is 9.88. The second-order valence-corrected chi connectivity index (χ2v) is 7.91. The molecule has 0 aliphatic rings. The van der Waals surface area contributed by atoms with Gasteiger partial charge < -0.3 is 20.1 Å². The Hall–Kier alpha value is -3.80. The van der Waals surface area contributed by atoms with Crippen LogP contribution in [0.25, 0.3) is 10.9 Å². The molecule has 2 atom stereocenters. The Kier molecular flexibility index (Phi) is 6.70. The first-order valence-corrected chi connectivity index (χ1v) is 10.8. The van der Waals surface area contributed by atoms with Crippen molar-refractivity contribution in [2.45, 2.75) is 31.7 Å². The number of ether oxygens (including phenoxy) is 1. The fourth-order valence-corrected chi connectivity index (χ4v) is 3.90. The van der Waals surface area contributed by atoms with E-state index >= 15 is 0 Å². The van der Waals surface area contributed by atoms with E-state index in [1.165, 1.54) is 0 Å². The van der Waals surface area contributed by atoms with Crippen LogP contribution in [0.3, 0.4) is 0 Å². The number of pyridine rings is 1. The topological polar surface area (TPSA) is 87.2 Å². The second-order valence-electron chi connectivity index (χ2n) is 7.91. The van der Waals surface area contributed by atoms with E-state index in [0.29, 0.717) is 6.61 Å². The van der Waals surface area contributed by atoms with Gasteiger partial charge in [0.15, 0.2) is 0 Å². The lowest BCUT2D eigenvalue weighted by molar-refractivity contribution is -0.137. The van der Waals surface area contributed by atoms with Crippen molar-refractivity contribution in [3.05, 3.63) is 90.3 Å². The van der Waals surface area contributed by atoms with Crippen LogP contribution in [-0.2, 0) is 4.79 Å². The van der Waals surface area contributed by atoms with Crippen molar-refractivity contribution in [3.63, 3.8) is 0 Å². The molecule has 6 heteroatoms. The van der Waals surface area contributed by atoms with E-state index in [0.717, 1.165) is 40.0 Å². The van der Waals surface area contributed by atoms with Crippen LogP contribution in [0.5, 0.6) is 5.75 Å². The zero-order valence-electron chi connectivity index (χ0n) is 18.0. The Labute approximate surface area is 187 Å². The van der Waals surface area contributed by atoms with Crippen molar-refractivity contribution >= 4 is 22.7 Å². The smallest absolute Gasteiger partial charge is 0.304 e. The molecule has 2 aromatic heterocycles. The molecule has 32 heavy (non-hydrogen) atoms. The molecule has 3 N–H and O–H groups in total. The number of aromatic amines is 1. The summed E-state index contributed by atoms with van der Waals surface area (Å²) < 4.78 is 5.97. The number of aliphatic carboxylic acids is 1. The van der Waals surface area contributed by atoms with Gasteiger partial charge in [-0.3, -0.25) is 4.79 Å². The molecule has 0 saturated heterocycles. The molecule has 0 saturated carbocycles. The van der Waals surface area contributed by atoms with Crippen LogP contribution in [0.15, 0.2) is 79.1 Å². The summed E-state index contributed by atoms with van der Waals surface area (Å²) in [4.78, 5) is 19.1. The number of rotatable bonds is 10. The summed E-state index contributed by atoms with van der Waals surface area (Å²) in [6.07, 6.45) is 4.55. The fourth-order valence-electron chi connectivity index (χ4n) is 3.90. The highest BCUT2D eigenvalue weighted by atomic mass is 16.5. The summed E-state index contributed by atoms with van der Waals surface area (Å²) in [5.41, 5.74) is 2.90. The molecule has 0 aliphatic heterocycles. The summed E-state index contributed by atoms with van der Waals surface area (Å²) in [5.74, 6) is 0.606. The van der Waals surface area contributed by atoms with E-state index in [1.54, 1.807) is 6.20 Å². The minimum atomic E-state index is -0.818. The maximum atomic E-state index is 11.5. The van der Waals surface area contributed by atoms with Crippen LogP contribution in [0.2, 0.25) is 0 Å². The molecule has 2 heterocycles. The lowest BCUT2D eigenvalue weighted by Crippen LogP contribution is -2.19. The van der Waals surface area contributed by atoms with Gasteiger partial charge in [0.05, 0.1) is 13.0 Å². The molecular weight excluding hydrogens is 402 g/mol. The molecular formula is C26H27N3O3. The van der Waals surface area contributed by atoms with Gasteiger partial charge in [0, 0.05) is 47.7 Å². The molecule has 0 fully saturated rings. The first kappa shape index (κ1) is 21.4. The summed E-state index contributed by atoms with van der Waals surface area (Å²) in [7, 11) is 0. The van der Waals surface area contributed by atoms with Crippen molar-refractivity contribution in [1.29, 1.82) is 0 Å². The van der Waals surface area contributed by atoms with E-state index in [-0.39, 0.29) is 18.4 Å². The van der Waals surface area contributed by atoms with Crippen LogP contribution in [-0.4, -0.2) is 33.7 Å². The van der Waals surface area contributed by atoms with Crippen LogP contribution in [0.1, 0.15) is 36.8 Å². The molecule has 2 aromatic carbocycles. The Morgan fingerprint density at radius 2 is 1.94 bits per heavy atom. The molecule has 6 nitrogen and oxygen atoms in total. The van der Waals surface area contributed by atoms with E-state index in [9.17, 15) is 9.90 Å². The average Bonchev–Trinajstić information content (AvgIpc) is 3.21. The number of aromatic nitrogens is 2. The molecule has 164 valence electrons. The second kappa shape index (κ2) is 10.0. The third-order valence-corrected chi connectivity index (χ3v) is 5.52. The highest BCUT2D eigenvalue weighted by Crippen LogP contribution is 2.34. The Balaban J connectivity index is 1.43. The standard InChI is InChI=1S/C26H27N3O3/c1-18(29-25-9-5-6-13-27-25)12-14-32-20-10-11-21-23(17-28-24(21)15-20)22(16-26(30)31)19-7-3-2-4-8-19/h2-11,13,15,17-18,22,28H,12,14,16H2,1H3,(H,27,29)(H,30,31). The summed E-state index contributed by atoms with van der Waals surface area (Å²) in [5, 5.41) is 13.8. The van der Waals surface area contributed by atoms with E-state index < -0.39 is 5.97 Å². The monoisotopic (exact) mass is 429 g/mol. The quantitative estimate of drug-likeness (QED) is 0.312. The number of carbonyl (C=O) groups is 1. The zero-order valence-corrected chi connectivity index (χ0v) is 18.0. The third-order valence-electron chi connectivity index (χ3n) is 5.52. The predicted molar refractivity (Wildman–Crippen MR) is 126 cm³/mol. The van der Waals surface area contributed by atoms with Gasteiger partial charge in [0.2, 0.25) is 0 Å². The molecule has 4 rings (SSSR count). The molecule has 0 spiro atoms. The minimum absolute atomic E-state index is 0.0381. The Morgan fingerprint density at radius 3 is 2.69 bits per heavy atom. The molecule has 0 radical (unpaired) electrons.